The Morgan fingerprint density at radius 3 is 2.73 bits per heavy atom. The third-order valence-electron chi connectivity index (χ3n) is 4.31. The second-order valence-electron chi connectivity index (χ2n) is 6.38. The minimum absolute atomic E-state index is 0.601. The van der Waals surface area contributed by atoms with Crippen LogP contribution in [0, 0.1) is 6.92 Å². The van der Waals surface area contributed by atoms with E-state index >= 15 is 0 Å². The molecule has 132 valence electrons. The van der Waals surface area contributed by atoms with Gasteiger partial charge in [0.15, 0.2) is 5.65 Å². The molecular formula is C19H21N7. The predicted molar refractivity (Wildman–Crippen MR) is 101 cm³/mol. The van der Waals surface area contributed by atoms with Crippen LogP contribution in [0.5, 0.6) is 0 Å². The van der Waals surface area contributed by atoms with E-state index in [4.69, 9.17) is 9.97 Å². The second-order valence-corrected chi connectivity index (χ2v) is 6.38. The smallest absolute Gasteiger partial charge is 0.163 e. The average Bonchev–Trinajstić information content (AvgIpc) is 3.25. The van der Waals surface area contributed by atoms with Crippen molar-refractivity contribution in [2.75, 3.05) is 5.32 Å². The van der Waals surface area contributed by atoms with Crippen LogP contribution in [0.15, 0.2) is 42.6 Å². The van der Waals surface area contributed by atoms with Gasteiger partial charge >= 0.3 is 0 Å². The first-order chi connectivity index (χ1) is 12.7. The Hall–Kier alpha value is -3.22. The number of fused-ring (bicyclic) bond motifs is 1. The van der Waals surface area contributed by atoms with E-state index in [2.05, 4.69) is 44.9 Å². The first kappa shape index (κ1) is 16.3. The third-order valence-corrected chi connectivity index (χ3v) is 4.31. The van der Waals surface area contributed by atoms with Gasteiger partial charge in [0.05, 0.1) is 23.8 Å². The van der Waals surface area contributed by atoms with E-state index in [0.29, 0.717) is 6.54 Å². The van der Waals surface area contributed by atoms with Crippen LogP contribution in [-0.4, -0.2) is 29.9 Å². The van der Waals surface area contributed by atoms with Crippen molar-refractivity contribution in [3.05, 3.63) is 65.4 Å². The maximum atomic E-state index is 4.74. The number of aryl methyl sites for hydroxylation is 4. The zero-order chi connectivity index (χ0) is 17.9. The highest BCUT2D eigenvalue weighted by molar-refractivity contribution is 5.86. The molecule has 0 aliphatic heterocycles. The van der Waals surface area contributed by atoms with Gasteiger partial charge in [-0.3, -0.25) is 9.78 Å². The van der Waals surface area contributed by atoms with Gasteiger partial charge in [0.2, 0.25) is 0 Å². The summed E-state index contributed by atoms with van der Waals surface area (Å²) in [4.78, 5) is 9.43. The molecule has 0 spiro atoms. The normalized spacial score (nSPS) is 11.2. The number of aromatic amines is 1. The molecule has 0 amide bonds. The monoisotopic (exact) mass is 347 g/mol. The van der Waals surface area contributed by atoms with Crippen LogP contribution in [0.4, 0.5) is 5.82 Å². The number of hydrogen-bond acceptors (Lipinski definition) is 5. The van der Waals surface area contributed by atoms with Gasteiger partial charge in [-0.25, -0.2) is 9.97 Å². The van der Waals surface area contributed by atoms with Crippen molar-refractivity contribution in [3.63, 3.8) is 0 Å². The van der Waals surface area contributed by atoms with Gasteiger partial charge in [0.25, 0.3) is 0 Å². The zero-order valence-corrected chi connectivity index (χ0v) is 14.9. The third kappa shape index (κ3) is 3.42. The minimum atomic E-state index is 0.601. The molecule has 0 saturated carbocycles. The molecule has 26 heavy (non-hydrogen) atoms. The molecule has 0 bridgehead atoms. The van der Waals surface area contributed by atoms with E-state index in [-0.39, 0.29) is 0 Å². The Kier molecular flexibility index (Phi) is 4.35. The van der Waals surface area contributed by atoms with Crippen LogP contribution in [-0.2, 0) is 26.4 Å². The van der Waals surface area contributed by atoms with Crippen molar-refractivity contribution in [3.8, 4) is 0 Å². The molecule has 0 fully saturated rings. The number of aromatic nitrogens is 6. The standard InChI is InChI=1S/C19H21N7/c1-13-10-15(25-24-13)11-20-18-16-12-21-26(2)19(16)23-17(22-18)9-8-14-6-4-3-5-7-14/h3-7,10,12H,8-9,11H2,1-2H3,(H,24,25)(H,20,22,23). The number of rotatable bonds is 6. The molecule has 7 heteroatoms. The topological polar surface area (TPSA) is 84.3 Å². The summed E-state index contributed by atoms with van der Waals surface area (Å²) in [5.41, 5.74) is 4.11. The first-order valence-corrected chi connectivity index (χ1v) is 8.66. The van der Waals surface area contributed by atoms with Gasteiger partial charge < -0.3 is 5.32 Å². The quantitative estimate of drug-likeness (QED) is 0.560. The SMILES string of the molecule is Cc1cc(CNc2nc(CCc3ccccc3)nc3c2cnn3C)n[nH]1. The summed E-state index contributed by atoms with van der Waals surface area (Å²) >= 11 is 0. The summed E-state index contributed by atoms with van der Waals surface area (Å²) in [6, 6.07) is 12.4. The van der Waals surface area contributed by atoms with Gasteiger partial charge in [0, 0.05) is 19.2 Å². The Balaban J connectivity index is 1.58. The highest BCUT2D eigenvalue weighted by Gasteiger charge is 2.12. The van der Waals surface area contributed by atoms with Crippen molar-refractivity contribution in [2.45, 2.75) is 26.3 Å². The van der Waals surface area contributed by atoms with Crippen LogP contribution in [0.1, 0.15) is 22.8 Å². The largest absolute Gasteiger partial charge is 0.364 e. The van der Waals surface area contributed by atoms with E-state index < -0.39 is 0 Å². The molecule has 0 saturated heterocycles. The number of nitrogens with zero attached hydrogens (tertiary/aromatic N) is 5. The van der Waals surface area contributed by atoms with Crippen molar-refractivity contribution in [1.82, 2.24) is 29.9 Å². The van der Waals surface area contributed by atoms with Gasteiger partial charge in [-0.2, -0.15) is 10.2 Å². The Morgan fingerprint density at radius 2 is 1.96 bits per heavy atom. The van der Waals surface area contributed by atoms with Crippen molar-refractivity contribution in [2.24, 2.45) is 7.05 Å². The lowest BCUT2D eigenvalue weighted by molar-refractivity contribution is 0.775. The lowest BCUT2D eigenvalue weighted by Crippen LogP contribution is -2.07. The summed E-state index contributed by atoms with van der Waals surface area (Å²) in [6.07, 6.45) is 3.48. The van der Waals surface area contributed by atoms with E-state index in [0.717, 1.165) is 46.9 Å². The van der Waals surface area contributed by atoms with E-state index in [9.17, 15) is 0 Å². The molecular weight excluding hydrogens is 326 g/mol. The minimum Gasteiger partial charge on any atom is -0.364 e. The zero-order valence-electron chi connectivity index (χ0n) is 14.9. The number of H-pyrrole nitrogens is 1. The lowest BCUT2D eigenvalue weighted by atomic mass is 10.1. The Labute approximate surface area is 151 Å². The fourth-order valence-corrected chi connectivity index (χ4v) is 2.95. The molecule has 2 N–H and O–H groups in total. The molecule has 7 nitrogen and oxygen atoms in total. The fraction of sp³-hybridized carbons (Fsp3) is 0.263. The number of benzene rings is 1. The van der Waals surface area contributed by atoms with Gasteiger partial charge in [-0.05, 0) is 25.0 Å². The van der Waals surface area contributed by atoms with E-state index in [1.165, 1.54) is 5.56 Å². The molecule has 4 rings (SSSR count). The number of nitrogens with one attached hydrogen (secondary N) is 2. The van der Waals surface area contributed by atoms with Gasteiger partial charge in [0.1, 0.15) is 11.6 Å². The molecule has 0 unspecified atom stereocenters. The van der Waals surface area contributed by atoms with Crippen LogP contribution in [0.25, 0.3) is 11.0 Å². The maximum absolute atomic E-state index is 4.74. The molecule has 0 aliphatic carbocycles. The van der Waals surface area contributed by atoms with Crippen LogP contribution in [0.2, 0.25) is 0 Å². The van der Waals surface area contributed by atoms with Crippen molar-refractivity contribution in [1.29, 1.82) is 0 Å². The van der Waals surface area contributed by atoms with Crippen molar-refractivity contribution >= 4 is 16.9 Å². The highest BCUT2D eigenvalue weighted by Crippen LogP contribution is 2.21. The van der Waals surface area contributed by atoms with Gasteiger partial charge in [-0.1, -0.05) is 30.3 Å². The summed E-state index contributed by atoms with van der Waals surface area (Å²) in [7, 11) is 1.90. The molecule has 1 aromatic carbocycles. The second kappa shape index (κ2) is 6.95. The molecule has 0 radical (unpaired) electrons. The summed E-state index contributed by atoms with van der Waals surface area (Å²) in [5, 5.41) is 15.8. The van der Waals surface area contributed by atoms with Crippen molar-refractivity contribution < 1.29 is 0 Å². The summed E-state index contributed by atoms with van der Waals surface area (Å²) < 4.78 is 1.78. The lowest BCUT2D eigenvalue weighted by Gasteiger charge is -2.08. The molecule has 0 aliphatic rings. The predicted octanol–water partition coefficient (Wildman–Crippen LogP) is 2.79. The molecule has 4 aromatic rings. The number of anilines is 1. The summed E-state index contributed by atoms with van der Waals surface area (Å²) in [5.74, 6) is 1.61. The van der Waals surface area contributed by atoms with Gasteiger partial charge in [-0.15, -0.1) is 0 Å². The van der Waals surface area contributed by atoms with Crippen LogP contribution >= 0.6 is 0 Å². The molecule has 0 atom stereocenters. The van der Waals surface area contributed by atoms with Crippen LogP contribution in [0.3, 0.4) is 0 Å². The van der Waals surface area contributed by atoms with E-state index in [1.54, 1.807) is 10.9 Å². The maximum Gasteiger partial charge on any atom is 0.163 e. The molecule has 3 heterocycles. The number of hydrogen-bond donors (Lipinski definition) is 2. The van der Waals surface area contributed by atoms with E-state index in [1.807, 2.05) is 26.1 Å². The Morgan fingerprint density at radius 1 is 1.12 bits per heavy atom. The highest BCUT2D eigenvalue weighted by atomic mass is 15.3. The van der Waals surface area contributed by atoms with Crippen LogP contribution < -0.4 is 5.32 Å². The Bertz CT molecular complexity index is 1020. The molecule has 3 aromatic heterocycles. The first-order valence-electron chi connectivity index (χ1n) is 8.66. The fourth-order valence-electron chi connectivity index (χ4n) is 2.95. The average molecular weight is 347 g/mol. The summed E-state index contributed by atoms with van der Waals surface area (Å²) in [6.45, 7) is 2.59.